The molecule has 156 valence electrons. The SMILES string of the molecule is COc1ccc(N2C(=O)C(c3ccccc3)=C(N(C)c3ccccc3)C2=O)cc1OC. The third-order valence-corrected chi connectivity index (χ3v) is 5.23. The van der Waals surface area contributed by atoms with Gasteiger partial charge in [0.1, 0.15) is 5.70 Å². The number of imide groups is 1. The molecule has 0 radical (unpaired) electrons. The first-order valence-corrected chi connectivity index (χ1v) is 9.76. The number of nitrogens with zero attached hydrogens (tertiary/aromatic N) is 2. The smallest absolute Gasteiger partial charge is 0.282 e. The number of methoxy groups -OCH3 is 2. The Bertz CT molecular complexity index is 1160. The minimum absolute atomic E-state index is 0.317. The van der Waals surface area contributed by atoms with Crippen LogP contribution in [0.2, 0.25) is 0 Å². The minimum atomic E-state index is -0.401. The normalized spacial score (nSPS) is 13.6. The monoisotopic (exact) mass is 414 g/mol. The average Bonchev–Trinajstić information content (AvgIpc) is 3.09. The lowest BCUT2D eigenvalue weighted by Gasteiger charge is -2.22. The van der Waals surface area contributed by atoms with Crippen molar-refractivity contribution in [3.63, 3.8) is 0 Å². The van der Waals surface area contributed by atoms with Crippen molar-refractivity contribution in [2.24, 2.45) is 0 Å². The summed E-state index contributed by atoms with van der Waals surface area (Å²) < 4.78 is 10.6. The van der Waals surface area contributed by atoms with Crippen LogP contribution in [0.5, 0.6) is 11.5 Å². The average molecular weight is 414 g/mol. The van der Waals surface area contributed by atoms with Gasteiger partial charge in [-0.25, -0.2) is 4.90 Å². The van der Waals surface area contributed by atoms with Gasteiger partial charge in [-0.15, -0.1) is 0 Å². The number of para-hydroxylation sites is 1. The van der Waals surface area contributed by atoms with E-state index in [1.54, 1.807) is 30.1 Å². The van der Waals surface area contributed by atoms with Gasteiger partial charge in [0, 0.05) is 18.8 Å². The van der Waals surface area contributed by atoms with Gasteiger partial charge in [-0.3, -0.25) is 9.59 Å². The highest BCUT2D eigenvalue weighted by Gasteiger charge is 2.42. The molecule has 31 heavy (non-hydrogen) atoms. The molecule has 4 rings (SSSR count). The summed E-state index contributed by atoms with van der Waals surface area (Å²) in [6.45, 7) is 0. The largest absolute Gasteiger partial charge is 0.493 e. The van der Waals surface area contributed by atoms with Crippen molar-refractivity contribution in [3.8, 4) is 11.5 Å². The van der Waals surface area contributed by atoms with Gasteiger partial charge in [-0.2, -0.15) is 0 Å². The standard InChI is InChI=1S/C25H22N2O4/c1-26(18-12-8-5-9-13-18)23-22(17-10-6-4-7-11-17)24(28)27(25(23)29)19-14-15-20(30-2)21(16-19)31-3/h4-16H,1-3H3. The number of carbonyl (C=O) groups is 2. The van der Waals surface area contributed by atoms with Crippen molar-refractivity contribution in [1.82, 2.24) is 0 Å². The van der Waals surface area contributed by atoms with Crippen LogP contribution in [0, 0.1) is 0 Å². The third-order valence-electron chi connectivity index (χ3n) is 5.23. The van der Waals surface area contributed by atoms with Crippen molar-refractivity contribution in [3.05, 3.63) is 90.1 Å². The number of anilines is 2. The molecule has 1 aliphatic rings. The van der Waals surface area contributed by atoms with Crippen molar-refractivity contribution >= 4 is 28.8 Å². The fraction of sp³-hybridized carbons (Fsp3) is 0.120. The Morgan fingerprint density at radius 2 is 1.35 bits per heavy atom. The number of rotatable bonds is 6. The summed E-state index contributed by atoms with van der Waals surface area (Å²) in [7, 11) is 4.83. The highest BCUT2D eigenvalue weighted by molar-refractivity contribution is 6.46. The number of hydrogen-bond donors (Lipinski definition) is 0. The Balaban J connectivity index is 1.85. The second-order valence-corrected chi connectivity index (χ2v) is 6.97. The lowest BCUT2D eigenvalue weighted by molar-refractivity contribution is -0.120. The maximum absolute atomic E-state index is 13.6. The number of likely N-dealkylation sites (N-methyl/N-ethyl adjacent to an activating group) is 1. The fourth-order valence-corrected chi connectivity index (χ4v) is 3.67. The molecule has 0 aliphatic carbocycles. The third kappa shape index (κ3) is 3.53. The van der Waals surface area contributed by atoms with E-state index in [2.05, 4.69) is 0 Å². The molecule has 0 aromatic heterocycles. The van der Waals surface area contributed by atoms with Gasteiger partial charge < -0.3 is 14.4 Å². The van der Waals surface area contributed by atoms with Crippen LogP contribution in [-0.4, -0.2) is 33.1 Å². The molecule has 3 aromatic rings. The van der Waals surface area contributed by atoms with Crippen LogP contribution in [0.25, 0.3) is 5.57 Å². The Labute approximate surface area is 180 Å². The zero-order valence-electron chi connectivity index (χ0n) is 17.5. The van der Waals surface area contributed by atoms with Gasteiger partial charge in [0.05, 0.1) is 25.5 Å². The van der Waals surface area contributed by atoms with Crippen LogP contribution in [0.15, 0.2) is 84.6 Å². The highest BCUT2D eigenvalue weighted by atomic mass is 16.5. The van der Waals surface area contributed by atoms with E-state index in [9.17, 15) is 9.59 Å². The van der Waals surface area contributed by atoms with Crippen LogP contribution in [-0.2, 0) is 9.59 Å². The molecule has 6 heteroatoms. The van der Waals surface area contributed by atoms with Crippen molar-refractivity contribution in [2.45, 2.75) is 0 Å². The molecule has 0 bridgehead atoms. The Hall–Kier alpha value is -4.06. The number of benzene rings is 3. The molecule has 2 amide bonds. The molecule has 0 N–H and O–H groups in total. The maximum Gasteiger partial charge on any atom is 0.282 e. The predicted octanol–water partition coefficient (Wildman–Crippen LogP) is 4.12. The van der Waals surface area contributed by atoms with E-state index < -0.39 is 5.91 Å². The zero-order chi connectivity index (χ0) is 22.0. The van der Waals surface area contributed by atoms with Crippen LogP contribution in [0.3, 0.4) is 0 Å². The molecule has 0 atom stereocenters. The Morgan fingerprint density at radius 3 is 1.97 bits per heavy atom. The van der Waals surface area contributed by atoms with E-state index in [0.29, 0.717) is 34.0 Å². The van der Waals surface area contributed by atoms with E-state index in [-0.39, 0.29) is 5.91 Å². The van der Waals surface area contributed by atoms with Gasteiger partial charge >= 0.3 is 0 Å². The van der Waals surface area contributed by atoms with Crippen LogP contribution in [0.1, 0.15) is 5.56 Å². The second-order valence-electron chi connectivity index (χ2n) is 6.97. The summed E-state index contributed by atoms with van der Waals surface area (Å²) in [4.78, 5) is 30.1. The van der Waals surface area contributed by atoms with E-state index in [0.717, 1.165) is 5.69 Å². The summed E-state index contributed by atoms with van der Waals surface area (Å²) in [6.07, 6.45) is 0. The van der Waals surface area contributed by atoms with Gasteiger partial charge in [0.15, 0.2) is 11.5 Å². The van der Waals surface area contributed by atoms with Crippen LogP contribution >= 0.6 is 0 Å². The molecule has 1 aliphatic heterocycles. The van der Waals surface area contributed by atoms with Gasteiger partial charge in [0.25, 0.3) is 11.8 Å². The van der Waals surface area contributed by atoms with Crippen molar-refractivity contribution in [1.29, 1.82) is 0 Å². The van der Waals surface area contributed by atoms with E-state index in [1.807, 2.05) is 60.7 Å². The van der Waals surface area contributed by atoms with Crippen molar-refractivity contribution < 1.29 is 19.1 Å². The minimum Gasteiger partial charge on any atom is -0.493 e. The number of hydrogen-bond acceptors (Lipinski definition) is 5. The van der Waals surface area contributed by atoms with Crippen LogP contribution < -0.4 is 19.3 Å². The lowest BCUT2D eigenvalue weighted by Crippen LogP contribution is -2.34. The number of ether oxygens (including phenoxy) is 2. The first-order valence-electron chi connectivity index (χ1n) is 9.76. The second kappa shape index (κ2) is 8.36. The van der Waals surface area contributed by atoms with Gasteiger partial charge in [-0.05, 0) is 29.8 Å². The van der Waals surface area contributed by atoms with Gasteiger partial charge in [-0.1, -0.05) is 48.5 Å². The summed E-state index contributed by atoms with van der Waals surface area (Å²) in [5.41, 5.74) is 2.57. The predicted molar refractivity (Wildman–Crippen MR) is 120 cm³/mol. The molecule has 6 nitrogen and oxygen atoms in total. The van der Waals surface area contributed by atoms with Crippen LogP contribution in [0.4, 0.5) is 11.4 Å². The van der Waals surface area contributed by atoms with Gasteiger partial charge in [0.2, 0.25) is 0 Å². The summed E-state index contributed by atoms with van der Waals surface area (Å²) in [6, 6.07) is 23.7. The quantitative estimate of drug-likeness (QED) is 0.568. The fourth-order valence-electron chi connectivity index (χ4n) is 3.67. The molecular formula is C25H22N2O4. The maximum atomic E-state index is 13.6. The molecule has 0 saturated heterocycles. The topological polar surface area (TPSA) is 59.1 Å². The molecule has 1 heterocycles. The molecule has 0 spiro atoms. The molecule has 0 unspecified atom stereocenters. The van der Waals surface area contributed by atoms with E-state index >= 15 is 0 Å². The Kier molecular flexibility index (Phi) is 5.45. The first-order chi connectivity index (χ1) is 15.1. The molecule has 3 aromatic carbocycles. The lowest BCUT2D eigenvalue weighted by atomic mass is 10.0. The highest BCUT2D eigenvalue weighted by Crippen LogP contribution is 2.38. The first kappa shape index (κ1) is 20.2. The Morgan fingerprint density at radius 1 is 0.742 bits per heavy atom. The number of amides is 2. The summed E-state index contributed by atoms with van der Waals surface area (Å²) >= 11 is 0. The molecular weight excluding hydrogens is 392 g/mol. The van der Waals surface area contributed by atoms with Crippen molar-refractivity contribution in [2.75, 3.05) is 31.1 Å². The van der Waals surface area contributed by atoms with E-state index in [4.69, 9.17) is 9.47 Å². The zero-order valence-corrected chi connectivity index (χ0v) is 17.5. The molecule has 0 saturated carbocycles. The number of carbonyl (C=O) groups excluding carboxylic acids is 2. The molecule has 0 fully saturated rings. The van der Waals surface area contributed by atoms with E-state index in [1.165, 1.54) is 19.1 Å². The summed E-state index contributed by atoms with van der Waals surface area (Å²) in [5.74, 6) is 0.165. The summed E-state index contributed by atoms with van der Waals surface area (Å²) in [5, 5.41) is 0.